The van der Waals surface area contributed by atoms with Gasteiger partial charge >= 0.3 is 0 Å². The molecule has 1 amide bonds. The lowest BCUT2D eigenvalue weighted by Crippen LogP contribution is -2.25. The first-order chi connectivity index (χ1) is 11.6. The van der Waals surface area contributed by atoms with E-state index in [4.69, 9.17) is 21.1 Å². The van der Waals surface area contributed by atoms with Crippen molar-refractivity contribution in [1.82, 2.24) is 4.90 Å². The van der Waals surface area contributed by atoms with Gasteiger partial charge in [-0.2, -0.15) is 0 Å². The van der Waals surface area contributed by atoms with Gasteiger partial charge in [0.05, 0.1) is 18.1 Å². The maximum Gasteiger partial charge on any atom is 0.263 e. The summed E-state index contributed by atoms with van der Waals surface area (Å²) in [5.74, 6) is 0.719. The quantitative estimate of drug-likeness (QED) is 0.781. The number of rotatable bonds is 5. The van der Waals surface area contributed by atoms with Gasteiger partial charge in [0.1, 0.15) is 5.75 Å². The molecule has 2 heterocycles. The van der Waals surface area contributed by atoms with Crippen molar-refractivity contribution in [3.63, 3.8) is 0 Å². The average Bonchev–Trinajstić information content (AvgIpc) is 3.25. The fourth-order valence-electron chi connectivity index (χ4n) is 2.83. The van der Waals surface area contributed by atoms with Gasteiger partial charge in [-0.15, -0.1) is 11.3 Å². The second-order valence-corrected chi connectivity index (χ2v) is 7.37. The lowest BCUT2D eigenvalue weighted by Gasteiger charge is -2.18. The van der Waals surface area contributed by atoms with Gasteiger partial charge in [-0.3, -0.25) is 4.79 Å². The van der Waals surface area contributed by atoms with Crippen molar-refractivity contribution < 1.29 is 14.3 Å². The highest BCUT2D eigenvalue weighted by molar-refractivity contribution is 7.14. The van der Waals surface area contributed by atoms with Crippen LogP contribution in [0, 0.1) is 0 Å². The van der Waals surface area contributed by atoms with Crippen LogP contribution in [-0.4, -0.2) is 31.6 Å². The molecular weight excluding hydrogens is 346 g/mol. The standard InChI is InChI=1S/C18H20ClNO3S/c1-20(11-12-10-13(19)5-6-14(12)22-2)18(21)17-8-7-16(24-17)15-4-3-9-23-15/h5-8,10,15H,3-4,9,11H2,1-2H3/t15-/m0/s1. The van der Waals surface area contributed by atoms with Gasteiger partial charge in [0.25, 0.3) is 5.91 Å². The van der Waals surface area contributed by atoms with Crippen molar-refractivity contribution in [3.8, 4) is 5.75 Å². The van der Waals surface area contributed by atoms with Crippen molar-refractivity contribution in [2.24, 2.45) is 0 Å². The Bertz CT molecular complexity index is 725. The molecule has 0 aliphatic carbocycles. The second kappa shape index (κ2) is 7.55. The second-order valence-electron chi connectivity index (χ2n) is 5.82. The zero-order chi connectivity index (χ0) is 17.1. The first-order valence-electron chi connectivity index (χ1n) is 7.87. The van der Waals surface area contributed by atoms with E-state index < -0.39 is 0 Å². The van der Waals surface area contributed by atoms with Gasteiger partial charge in [0.15, 0.2) is 0 Å². The van der Waals surface area contributed by atoms with E-state index in [2.05, 4.69) is 0 Å². The van der Waals surface area contributed by atoms with E-state index in [0.717, 1.165) is 40.5 Å². The molecule has 1 aliphatic rings. The number of carbonyl (C=O) groups is 1. The van der Waals surface area contributed by atoms with E-state index in [-0.39, 0.29) is 12.0 Å². The fraction of sp³-hybridized carbons (Fsp3) is 0.389. The van der Waals surface area contributed by atoms with Crippen LogP contribution in [0.25, 0.3) is 0 Å². The molecule has 1 fully saturated rings. The molecule has 1 atom stereocenters. The Balaban J connectivity index is 1.72. The van der Waals surface area contributed by atoms with E-state index in [9.17, 15) is 4.79 Å². The van der Waals surface area contributed by atoms with E-state index in [1.165, 1.54) is 11.3 Å². The van der Waals surface area contributed by atoms with Crippen molar-refractivity contribution >= 4 is 28.8 Å². The van der Waals surface area contributed by atoms with E-state index in [1.54, 1.807) is 25.1 Å². The number of nitrogens with zero attached hydrogens (tertiary/aromatic N) is 1. The van der Waals surface area contributed by atoms with Crippen LogP contribution in [0.4, 0.5) is 0 Å². The number of hydrogen-bond acceptors (Lipinski definition) is 4. The summed E-state index contributed by atoms with van der Waals surface area (Å²) < 4.78 is 11.0. The summed E-state index contributed by atoms with van der Waals surface area (Å²) in [7, 11) is 3.40. The van der Waals surface area contributed by atoms with Crippen LogP contribution in [0.1, 0.15) is 39.1 Å². The summed E-state index contributed by atoms with van der Waals surface area (Å²) in [6.45, 7) is 1.25. The number of thiophene rings is 1. The average molecular weight is 366 g/mol. The molecule has 0 bridgehead atoms. The Morgan fingerprint density at radius 1 is 1.42 bits per heavy atom. The molecule has 1 aromatic carbocycles. The third kappa shape index (κ3) is 3.74. The molecule has 0 saturated carbocycles. The van der Waals surface area contributed by atoms with Crippen LogP contribution >= 0.6 is 22.9 Å². The van der Waals surface area contributed by atoms with Crippen molar-refractivity contribution in [2.75, 3.05) is 20.8 Å². The third-order valence-electron chi connectivity index (χ3n) is 4.08. The van der Waals surface area contributed by atoms with Crippen molar-refractivity contribution in [2.45, 2.75) is 25.5 Å². The van der Waals surface area contributed by atoms with E-state index >= 15 is 0 Å². The zero-order valence-corrected chi connectivity index (χ0v) is 15.3. The summed E-state index contributed by atoms with van der Waals surface area (Å²) in [5.41, 5.74) is 0.886. The minimum absolute atomic E-state index is 0.00808. The fourth-order valence-corrected chi connectivity index (χ4v) is 4.11. The Morgan fingerprint density at radius 3 is 2.96 bits per heavy atom. The number of amides is 1. The summed E-state index contributed by atoms with van der Waals surface area (Å²) in [6.07, 6.45) is 2.26. The number of benzene rings is 1. The minimum atomic E-state index is -0.00808. The normalized spacial score (nSPS) is 17.0. The maximum absolute atomic E-state index is 12.7. The van der Waals surface area contributed by atoms with E-state index in [1.807, 2.05) is 24.3 Å². The first kappa shape index (κ1) is 17.3. The molecule has 128 valence electrons. The topological polar surface area (TPSA) is 38.8 Å². The lowest BCUT2D eigenvalue weighted by molar-refractivity contribution is 0.0789. The predicted octanol–water partition coefficient (Wildman–Crippen LogP) is 4.53. The highest BCUT2D eigenvalue weighted by Crippen LogP contribution is 2.34. The van der Waals surface area contributed by atoms with Gasteiger partial charge in [0, 0.05) is 35.7 Å². The molecule has 0 unspecified atom stereocenters. The van der Waals surface area contributed by atoms with Crippen LogP contribution in [0.15, 0.2) is 30.3 Å². The monoisotopic (exact) mass is 365 g/mol. The van der Waals surface area contributed by atoms with Crippen LogP contribution in [0.2, 0.25) is 5.02 Å². The van der Waals surface area contributed by atoms with Crippen molar-refractivity contribution in [1.29, 1.82) is 0 Å². The summed E-state index contributed by atoms with van der Waals surface area (Å²) in [5, 5.41) is 0.628. The van der Waals surface area contributed by atoms with Gasteiger partial charge in [0.2, 0.25) is 0 Å². The molecular formula is C18H20ClNO3S. The predicted molar refractivity (Wildman–Crippen MR) is 96.0 cm³/mol. The molecule has 0 radical (unpaired) electrons. The van der Waals surface area contributed by atoms with Crippen LogP contribution < -0.4 is 4.74 Å². The van der Waals surface area contributed by atoms with Crippen molar-refractivity contribution in [3.05, 3.63) is 50.7 Å². The third-order valence-corrected chi connectivity index (χ3v) is 5.48. The molecule has 0 spiro atoms. The van der Waals surface area contributed by atoms with Gasteiger partial charge in [-0.1, -0.05) is 11.6 Å². The van der Waals surface area contributed by atoms with Gasteiger partial charge in [-0.05, 0) is 43.2 Å². The van der Waals surface area contributed by atoms with Crippen LogP contribution in [-0.2, 0) is 11.3 Å². The molecule has 0 N–H and O–H groups in total. The molecule has 24 heavy (non-hydrogen) atoms. The Kier molecular flexibility index (Phi) is 5.43. The SMILES string of the molecule is COc1ccc(Cl)cc1CN(C)C(=O)c1ccc([C@@H]2CCCO2)s1. The van der Waals surface area contributed by atoms with E-state index in [0.29, 0.717) is 11.6 Å². The number of methoxy groups -OCH3 is 1. The zero-order valence-electron chi connectivity index (χ0n) is 13.8. The maximum atomic E-state index is 12.7. The molecule has 6 heteroatoms. The van der Waals surface area contributed by atoms with Crippen LogP contribution in [0.5, 0.6) is 5.75 Å². The molecule has 2 aromatic rings. The minimum Gasteiger partial charge on any atom is -0.496 e. The number of ether oxygens (including phenoxy) is 2. The largest absolute Gasteiger partial charge is 0.496 e. The summed E-state index contributed by atoms with van der Waals surface area (Å²) in [4.78, 5) is 16.2. The van der Waals surface area contributed by atoms with Gasteiger partial charge in [-0.25, -0.2) is 0 Å². The lowest BCUT2D eigenvalue weighted by atomic mass is 10.2. The first-order valence-corrected chi connectivity index (χ1v) is 9.07. The number of halogens is 1. The Labute approximate surface area is 150 Å². The molecule has 3 rings (SSSR count). The Morgan fingerprint density at radius 2 is 2.25 bits per heavy atom. The molecule has 1 aliphatic heterocycles. The smallest absolute Gasteiger partial charge is 0.263 e. The Hall–Kier alpha value is -1.56. The number of hydrogen-bond donors (Lipinski definition) is 0. The summed E-state index contributed by atoms with van der Waals surface area (Å²) in [6, 6.07) is 9.31. The highest BCUT2D eigenvalue weighted by atomic mass is 35.5. The molecule has 4 nitrogen and oxygen atoms in total. The number of carbonyl (C=O) groups excluding carboxylic acids is 1. The summed E-state index contributed by atoms with van der Waals surface area (Å²) >= 11 is 7.58. The molecule has 1 saturated heterocycles. The van der Waals surface area contributed by atoms with Crippen LogP contribution in [0.3, 0.4) is 0 Å². The molecule has 1 aromatic heterocycles. The van der Waals surface area contributed by atoms with Gasteiger partial charge < -0.3 is 14.4 Å². The highest BCUT2D eigenvalue weighted by Gasteiger charge is 2.22.